The number of hydrogen-bond donors (Lipinski definition) is 1. The molecule has 0 radical (unpaired) electrons. The van der Waals surface area contributed by atoms with Gasteiger partial charge in [0, 0.05) is 43.7 Å². The van der Waals surface area contributed by atoms with E-state index in [4.69, 9.17) is 5.73 Å². The first-order valence-corrected chi connectivity index (χ1v) is 8.36. The van der Waals surface area contributed by atoms with Crippen molar-refractivity contribution in [3.63, 3.8) is 0 Å². The van der Waals surface area contributed by atoms with Crippen LogP contribution in [0.2, 0.25) is 0 Å². The molecule has 0 aromatic carbocycles. The normalized spacial score (nSPS) is 23.2. The maximum absolute atomic E-state index is 12.4. The summed E-state index contributed by atoms with van der Waals surface area (Å²) in [6.07, 6.45) is 4.68. The first kappa shape index (κ1) is 15.3. The van der Waals surface area contributed by atoms with Crippen LogP contribution in [0.25, 0.3) is 0 Å². The van der Waals surface area contributed by atoms with E-state index >= 15 is 0 Å². The molecule has 22 heavy (non-hydrogen) atoms. The van der Waals surface area contributed by atoms with E-state index in [9.17, 15) is 9.59 Å². The van der Waals surface area contributed by atoms with Crippen LogP contribution in [0, 0.1) is 5.92 Å². The number of amides is 1. The highest BCUT2D eigenvalue weighted by Crippen LogP contribution is 2.35. The highest BCUT2D eigenvalue weighted by atomic mass is 16.2. The van der Waals surface area contributed by atoms with Gasteiger partial charge in [0.1, 0.15) is 0 Å². The molecule has 0 aliphatic carbocycles. The lowest BCUT2D eigenvalue weighted by molar-refractivity contribution is -0.134. The van der Waals surface area contributed by atoms with E-state index in [0.717, 1.165) is 51.0 Å². The predicted molar refractivity (Wildman–Crippen MR) is 85.7 cm³/mol. The van der Waals surface area contributed by atoms with Crippen LogP contribution in [0.15, 0.2) is 23.0 Å². The number of likely N-dealkylation sites (tertiary alicyclic amines) is 1. The summed E-state index contributed by atoms with van der Waals surface area (Å²) in [5.74, 6) is 0.993. The number of aromatic nitrogens is 1. The predicted octanol–water partition coefficient (Wildman–Crippen LogP) is 1.31. The van der Waals surface area contributed by atoms with Gasteiger partial charge in [0.2, 0.25) is 5.91 Å². The van der Waals surface area contributed by atoms with Crippen LogP contribution in [0.3, 0.4) is 0 Å². The highest BCUT2D eigenvalue weighted by Gasteiger charge is 2.35. The maximum Gasteiger partial charge on any atom is 0.250 e. The first-order valence-electron chi connectivity index (χ1n) is 8.36. The number of piperidine rings is 1. The minimum atomic E-state index is 0.0914. The second-order valence-electron chi connectivity index (χ2n) is 6.60. The van der Waals surface area contributed by atoms with Gasteiger partial charge in [-0.2, -0.15) is 0 Å². The molecule has 1 amide bonds. The van der Waals surface area contributed by atoms with Gasteiger partial charge in [0.05, 0.1) is 0 Å². The van der Waals surface area contributed by atoms with E-state index in [2.05, 4.69) is 0 Å². The zero-order valence-electron chi connectivity index (χ0n) is 13.0. The van der Waals surface area contributed by atoms with Crippen molar-refractivity contribution in [2.24, 2.45) is 11.7 Å². The summed E-state index contributed by atoms with van der Waals surface area (Å²) in [6.45, 7) is 3.01. The second kappa shape index (κ2) is 6.65. The van der Waals surface area contributed by atoms with Crippen molar-refractivity contribution in [1.29, 1.82) is 0 Å². The summed E-state index contributed by atoms with van der Waals surface area (Å²) < 4.78 is 1.90. The summed E-state index contributed by atoms with van der Waals surface area (Å²) in [4.78, 5) is 26.4. The van der Waals surface area contributed by atoms with Crippen molar-refractivity contribution in [3.8, 4) is 0 Å². The van der Waals surface area contributed by atoms with Crippen molar-refractivity contribution < 1.29 is 4.79 Å². The number of carbonyl (C=O) groups excluding carboxylic acids is 1. The van der Waals surface area contributed by atoms with E-state index in [1.807, 2.05) is 21.6 Å². The molecule has 5 heteroatoms. The molecule has 2 bridgehead atoms. The third kappa shape index (κ3) is 3.09. The smallest absolute Gasteiger partial charge is 0.250 e. The molecule has 1 fully saturated rings. The van der Waals surface area contributed by atoms with Crippen molar-refractivity contribution in [2.75, 3.05) is 19.6 Å². The Bertz CT molecular complexity index is 596. The van der Waals surface area contributed by atoms with E-state index in [-0.39, 0.29) is 11.5 Å². The standard InChI is InChI=1S/C17H25N3O2/c18-8-3-1-2-6-16(21)19-10-13-9-14(12-19)15-5-4-7-17(22)20(15)11-13/h4-5,7,13-14H,1-3,6,8-12,18H2. The van der Waals surface area contributed by atoms with Crippen LogP contribution in [-0.2, 0) is 11.3 Å². The first-order chi connectivity index (χ1) is 10.7. The molecule has 5 nitrogen and oxygen atoms in total. The van der Waals surface area contributed by atoms with Gasteiger partial charge in [0.15, 0.2) is 0 Å². The van der Waals surface area contributed by atoms with Crippen LogP contribution in [0.4, 0.5) is 0 Å². The van der Waals surface area contributed by atoms with Gasteiger partial charge >= 0.3 is 0 Å². The SMILES string of the molecule is NCCCCCC(=O)N1CC2CC(C1)c1cccc(=O)n1C2. The average Bonchev–Trinajstić information content (AvgIpc) is 2.52. The number of pyridine rings is 1. The van der Waals surface area contributed by atoms with Crippen LogP contribution in [0.5, 0.6) is 0 Å². The third-order valence-corrected chi connectivity index (χ3v) is 4.93. The topological polar surface area (TPSA) is 68.3 Å². The molecule has 2 aliphatic rings. The molecule has 120 valence electrons. The summed E-state index contributed by atoms with van der Waals surface area (Å²) in [6, 6.07) is 5.50. The summed E-state index contributed by atoms with van der Waals surface area (Å²) >= 11 is 0. The largest absolute Gasteiger partial charge is 0.342 e. The lowest BCUT2D eigenvalue weighted by Crippen LogP contribution is -2.49. The Kier molecular flexibility index (Phi) is 4.62. The molecule has 0 saturated carbocycles. The number of hydrogen-bond acceptors (Lipinski definition) is 3. The van der Waals surface area contributed by atoms with Crippen molar-refractivity contribution >= 4 is 5.91 Å². The third-order valence-electron chi connectivity index (χ3n) is 4.93. The monoisotopic (exact) mass is 303 g/mol. The molecule has 1 aromatic rings. The summed E-state index contributed by atoms with van der Waals surface area (Å²) in [5, 5.41) is 0. The van der Waals surface area contributed by atoms with Gasteiger partial charge in [-0.3, -0.25) is 9.59 Å². The maximum atomic E-state index is 12.4. The second-order valence-corrected chi connectivity index (χ2v) is 6.60. The molecule has 2 unspecified atom stereocenters. The zero-order chi connectivity index (χ0) is 15.5. The summed E-state index contributed by atoms with van der Waals surface area (Å²) in [5.41, 5.74) is 6.68. The number of fused-ring (bicyclic) bond motifs is 4. The molecule has 3 heterocycles. The van der Waals surface area contributed by atoms with Gasteiger partial charge in [-0.1, -0.05) is 12.5 Å². The minimum absolute atomic E-state index is 0.0914. The molecule has 3 rings (SSSR count). The molecular formula is C17H25N3O2. The van der Waals surface area contributed by atoms with Gasteiger partial charge in [-0.15, -0.1) is 0 Å². The molecule has 1 aromatic heterocycles. The van der Waals surface area contributed by atoms with E-state index in [0.29, 0.717) is 24.8 Å². The van der Waals surface area contributed by atoms with Crippen LogP contribution in [0.1, 0.15) is 43.7 Å². The lowest BCUT2D eigenvalue weighted by atomic mass is 9.83. The fourth-order valence-electron chi connectivity index (χ4n) is 3.86. The Labute approximate surface area is 131 Å². The van der Waals surface area contributed by atoms with Crippen molar-refractivity contribution in [3.05, 3.63) is 34.2 Å². The Hall–Kier alpha value is -1.62. The Morgan fingerprint density at radius 1 is 1.18 bits per heavy atom. The fourth-order valence-corrected chi connectivity index (χ4v) is 3.86. The zero-order valence-corrected chi connectivity index (χ0v) is 13.0. The Morgan fingerprint density at radius 2 is 2.05 bits per heavy atom. The van der Waals surface area contributed by atoms with E-state index in [1.165, 1.54) is 0 Å². The number of carbonyl (C=O) groups is 1. The summed E-state index contributed by atoms with van der Waals surface area (Å²) in [7, 11) is 0. The van der Waals surface area contributed by atoms with Gasteiger partial charge < -0.3 is 15.2 Å². The number of unbranched alkanes of at least 4 members (excludes halogenated alkanes) is 2. The molecule has 2 atom stereocenters. The quantitative estimate of drug-likeness (QED) is 0.834. The molecule has 2 aliphatic heterocycles. The highest BCUT2D eigenvalue weighted by molar-refractivity contribution is 5.76. The van der Waals surface area contributed by atoms with Crippen LogP contribution >= 0.6 is 0 Å². The number of nitrogens with zero attached hydrogens (tertiary/aromatic N) is 2. The lowest BCUT2D eigenvalue weighted by Gasteiger charge is -2.42. The van der Waals surface area contributed by atoms with Gasteiger partial charge in [0.25, 0.3) is 5.56 Å². The Balaban J connectivity index is 1.66. The van der Waals surface area contributed by atoms with Gasteiger partial charge in [-0.25, -0.2) is 0 Å². The number of nitrogens with two attached hydrogens (primary N) is 1. The van der Waals surface area contributed by atoms with E-state index in [1.54, 1.807) is 6.07 Å². The molecule has 2 N–H and O–H groups in total. The van der Waals surface area contributed by atoms with Crippen LogP contribution in [-0.4, -0.2) is 35.0 Å². The average molecular weight is 303 g/mol. The molecule has 0 spiro atoms. The molecule has 1 saturated heterocycles. The van der Waals surface area contributed by atoms with Crippen LogP contribution < -0.4 is 11.3 Å². The Morgan fingerprint density at radius 3 is 2.86 bits per heavy atom. The fraction of sp³-hybridized carbons (Fsp3) is 0.647. The number of rotatable bonds is 5. The minimum Gasteiger partial charge on any atom is -0.342 e. The van der Waals surface area contributed by atoms with Gasteiger partial charge in [-0.05, 0) is 37.8 Å². The van der Waals surface area contributed by atoms with E-state index < -0.39 is 0 Å². The van der Waals surface area contributed by atoms with Crippen molar-refractivity contribution in [1.82, 2.24) is 9.47 Å². The molecular weight excluding hydrogens is 278 g/mol. The van der Waals surface area contributed by atoms with Crippen molar-refractivity contribution in [2.45, 2.75) is 44.6 Å².